The molecule has 0 spiro atoms. The Morgan fingerprint density at radius 2 is 1.66 bits per heavy atom. The van der Waals surface area contributed by atoms with Crippen molar-refractivity contribution in [3.8, 4) is 11.1 Å². The number of carbonyl (C=O) groups excluding carboxylic acids is 1. The molecule has 1 saturated carbocycles. The Hall–Kier alpha value is -3.01. The van der Waals surface area contributed by atoms with Crippen LogP contribution >= 0.6 is 11.3 Å². The highest BCUT2D eigenvalue weighted by Gasteiger charge is 2.51. The number of hydrogen-bond donors (Lipinski definition) is 2. The van der Waals surface area contributed by atoms with Crippen molar-refractivity contribution >= 4 is 33.2 Å². The van der Waals surface area contributed by atoms with Gasteiger partial charge >= 0.3 is 5.97 Å². The number of carboxylic acids is 1. The molecular formula is C29H32N2O5S2. The Morgan fingerprint density at radius 3 is 2.24 bits per heavy atom. The molecule has 2 atom stereocenters. The van der Waals surface area contributed by atoms with E-state index in [-0.39, 0.29) is 22.6 Å². The minimum Gasteiger partial charge on any atom is -0.480 e. The molecular weight excluding hydrogens is 520 g/mol. The fourth-order valence-electron chi connectivity index (χ4n) is 6.07. The summed E-state index contributed by atoms with van der Waals surface area (Å²) >= 11 is 1.13. The van der Waals surface area contributed by atoms with Crippen molar-refractivity contribution in [2.75, 3.05) is 0 Å². The summed E-state index contributed by atoms with van der Waals surface area (Å²) in [7, 11) is -3.85. The Bertz CT molecular complexity index is 1410. The summed E-state index contributed by atoms with van der Waals surface area (Å²) in [5, 5.41) is 14.3. The fourth-order valence-corrected chi connectivity index (χ4v) is 9.05. The number of sulfonamides is 1. The second-order valence-electron chi connectivity index (χ2n) is 10.3. The van der Waals surface area contributed by atoms with E-state index in [0.717, 1.165) is 52.0 Å². The standard InChI is InChI=1S/C29H32N2O5S2/c1-18-5-3-6-19(2)26(18)21-10-8-20(9-11-21)17-24(29(33)34)30-28(32)27-22-12-14-23(15-13-22)31(27)38(35,36)25-7-4-16-37-25/h3-11,16,22-24,27H,12-15,17H2,1-2H3,(H,30,32)(H,33,34). The largest absolute Gasteiger partial charge is 0.480 e. The molecule has 6 rings (SSSR count). The van der Waals surface area contributed by atoms with Gasteiger partial charge in [0.15, 0.2) is 0 Å². The number of piperidine rings is 2. The zero-order valence-electron chi connectivity index (χ0n) is 21.5. The number of nitrogens with one attached hydrogen (secondary N) is 1. The van der Waals surface area contributed by atoms with Crippen LogP contribution in [0.2, 0.25) is 0 Å². The number of thiophene rings is 1. The molecule has 2 unspecified atom stereocenters. The number of aliphatic carboxylic acids is 1. The first-order valence-corrected chi connectivity index (χ1v) is 15.2. The molecule has 38 heavy (non-hydrogen) atoms. The fraction of sp³-hybridized carbons (Fsp3) is 0.379. The number of carbonyl (C=O) groups is 2. The zero-order chi connectivity index (χ0) is 27.0. The number of hydrogen-bond acceptors (Lipinski definition) is 5. The van der Waals surface area contributed by atoms with Crippen molar-refractivity contribution < 1.29 is 23.1 Å². The lowest BCUT2D eigenvalue weighted by Crippen LogP contribution is -2.63. The first-order chi connectivity index (χ1) is 18.2. The summed E-state index contributed by atoms with van der Waals surface area (Å²) in [5.41, 5.74) is 5.31. The summed E-state index contributed by atoms with van der Waals surface area (Å²) in [6, 6.07) is 14.8. The third-order valence-electron chi connectivity index (χ3n) is 7.90. The van der Waals surface area contributed by atoms with E-state index in [2.05, 4.69) is 31.3 Å². The Kier molecular flexibility index (Phi) is 7.44. The average molecular weight is 553 g/mol. The molecule has 1 amide bonds. The predicted molar refractivity (Wildman–Crippen MR) is 148 cm³/mol. The van der Waals surface area contributed by atoms with Crippen LogP contribution in [0, 0.1) is 19.8 Å². The van der Waals surface area contributed by atoms with E-state index < -0.39 is 34.0 Å². The van der Waals surface area contributed by atoms with E-state index in [1.54, 1.807) is 17.5 Å². The molecule has 3 aliphatic rings. The van der Waals surface area contributed by atoms with E-state index >= 15 is 0 Å². The van der Waals surface area contributed by atoms with Crippen molar-refractivity contribution in [1.29, 1.82) is 0 Å². The lowest BCUT2D eigenvalue weighted by molar-refractivity contribution is -0.143. The van der Waals surface area contributed by atoms with Crippen molar-refractivity contribution in [3.63, 3.8) is 0 Å². The van der Waals surface area contributed by atoms with Crippen LogP contribution in [0.3, 0.4) is 0 Å². The van der Waals surface area contributed by atoms with Crippen molar-refractivity contribution in [2.24, 2.45) is 5.92 Å². The molecule has 7 nitrogen and oxygen atoms in total. The van der Waals surface area contributed by atoms with Gasteiger partial charge in [-0.2, -0.15) is 4.31 Å². The summed E-state index contributed by atoms with van der Waals surface area (Å²) in [6.45, 7) is 4.12. The lowest BCUT2D eigenvalue weighted by Gasteiger charge is -2.49. The molecule has 2 aliphatic heterocycles. The van der Waals surface area contributed by atoms with Crippen molar-refractivity contribution in [2.45, 2.75) is 68.3 Å². The topological polar surface area (TPSA) is 104 Å². The maximum atomic E-state index is 13.6. The summed E-state index contributed by atoms with van der Waals surface area (Å²) in [4.78, 5) is 25.7. The van der Waals surface area contributed by atoms with Crippen LogP contribution in [0.1, 0.15) is 42.4 Å². The number of rotatable bonds is 8. The van der Waals surface area contributed by atoms with Gasteiger partial charge in [0.1, 0.15) is 16.3 Å². The maximum Gasteiger partial charge on any atom is 0.326 e. The molecule has 2 saturated heterocycles. The van der Waals surface area contributed by atoms with Gasteiger partial charge in [0, 0.05) is 12.5 Å². The van der Waals surface area contributed by atoms with E-state index in [4.69, 9.17) is 0 Å². The van der Waals surface area contributed by atoms with Gasteiger partial charge in [0.05, 0.1) is 0 Å². The molecule has 2 N–H and O–H groups in total. The Labute approximate surface area is 227 Å². The number of nitrogens with zero attached hydrogens (tertiary/aromatic N) is 1. The molecule has 3 heterocycles. The summed E-state index contributed by atoms with van der Waals surface area (Å²) in [6.07, 6.45) is 3.06. The highest BCUT2D eigenvalue weighted by atomic mass is 32.2. The molecule has 3 fully saturated rings. The molecule has 1 aliphatic carbocycles. The minimum absolute atomic E-state index is 0.104. The molecule has 9 heteroatoms. The Morgan fingerprint density at radius 1 is 1.00 bits per heavy atom. The van der Waals surface area contributed by atoms with Crippen LogP contribution in [0.5, 0.6) is 0 Å². The number of aryl methyl sites for hydroxylation is 2. The monoisotopic (exact) mass is 552 g/mol. The Balaban J connectivity index is 1.35. The van der Waals surface area contributed by atoms with Crippen LogP contribution in [0.25, 0.3) is 11.1 Å². The second kappa shape index (κ2) is 10.6. The van der Waals surface area contributed by atoms with Crippen molar-refractivity contribution in [3.05, 3.63) is 76.7 Å². The summed E-state index contributed by atoms with van der Waals surface area (Å²) < 4.78 is 28.6. The van der Waals surface area contributed by atoms with Crippen LogP contribution in [0.15, 0.2) is 64.2 Å². The number of carboxylic acid groups (broad SMARTS) is 1. The molecule has 3 aromatic rings. The molecule has 0 radical (unpaired) electrons. The first kappa shape index (κ1) is 26.6. The molecule has 200 valence electrons. The summed E-state index contributed by atoms with van der Waals surface area (Å²) in [5.74, 6) is -1.80. The van der Waals surface area contributed by atoms with Gasteiger partial charge in [-0.3, -0.25) is 4.79 Å². The first-order valence-electron chi connectivity index (χ1n) is 12.9. The smallest absolute Gasteiger partial charge is 0.326 e. The van der Waals surface area contributed by atoms with Gasteiger partial charge in [-0.05, 0) is 84.7 Å². The maximum absolute atomic E-state index is 13.6. The lowest BCUT2D eigenvalue weighted by atomic mass is 9.76. The van der Waals surface area contributed by atoms with E-state index in [1.165, 1.54) is 4.31 Å². The minimum atomic E-state index is -3.85. The quantitative estimate of drug-likeness (QED) is 0.419. The molecule has 2 bridgehead atoms. The van der Waals surface area contributed by atoms with E-state index in [0.29, 0.717) is 12.8 Å². The van der Waals surface area contributed by atoms with Gasteiger partial charge in [-0.25, -0.2) is 13.2 Å². The van der Waals surface area contributed by atoms with Crippen LogP contribution in [-0.2, 0) is 26.0 Å². The predicted octanol–water partition coefficient (Wildman–Crippen LogP) is 4.78. The van der Waals surface area contributed by atoms with Crippen molar-refractivity contribution in [1.82, 2.24) is 9.62 Å². The van der Waals surface area contributed by atoms with E-state index in [1.807, 2.05) is 30.3 Å². The van der Waals surface area contributed by atoms with Crippen LogP contribution in [-0.4, -0.2) is 47.8 Å². The van der Waals surface area contributed by atoms with Gasteiger partial charge in [0.25, 0.3) is 10.0 Å². The number of benzene rings is 2. The average Bonchev–Trinajstić information content (AvgIpc) is 3.45. The second-order valence-corrected chi connectivity index (χ2v) is 13.4. The van der Waals surface area contributed by atoms with E-state index in [9.17, 15) is 23.1 Å². The zero-order valence-corrected chi connectivity index (χ0v) is 23.1. The number of fused-ring (bicyclic) bond motifs is 3. The third-order valence-corrected chi connectivity index (χ3v) is 11.2. The van der Waals surface area contributed by atoms with Gasteiger partial charge in [0.2, 0.25) is 5.91 Å². The van der Waals surface area contributed by atoms with Crippen LogP contribution in [0.4, 0.5) is 0 Å². The highest BCUT2D eigenvalue weighted by molar-refractivity contribution is 7.91. The number of amides is 1. The van der Waals surface area contributed by atoms with Crippen LogP contribution < -0.4 is 5.32 Å². The van der Waals surface area contributed by atoms with Gasteiger partial charge < -0.3 is 10.4 Å². The third kappa shape index (κ3) is 5.02. The molecule has 2 aromatic carbocycles. The normalized spacial score (nSPS) is 22.2. The highest BCUT2D eigenvalue weighted by Crippen LogP contribution is 2.43. The SMILES string of the molecule is Cc1cccc(C)c1-c1ccc(CC(NC(=O)C2C3CCC(CC3)N2S(=O)(=O)c2cccs2)C(=O)O)cc1. The molecule has 1 aromatic heterocycles. The van der Waals surface area contributed by atoms with Gasteiger partial charge in [-0.15, -0.1) is 11.3 Å². The van der Waals surface area contributed by atoms with Gasteiger partial charge in [-0.1, -0.05) is 48.5 Å².